The van der Waals surface area contributed by atoms with Gasteiger partial charge in [0.2, 0.25) is 5.91 Å². The van der Waals surface area contributed by atoms with E-state index in [2.05, 4.69) is 5.32 Å². The lowest BCUT2D eigenvalue weighted by molar-refractivity contribution is -0.120. The maximum Gasteiger partial charge on any atom is 0.228 e. The van der Waals surface area contributed by atoms with Crippen molar-refractivity contribution in [3.8, 4) is 0 Å². The first-order valence-electron chi connectivity index (χ1n) is 7.33. The fraction of sp³-hybridized carbons (Fsp3) is 0.562. The van der Waals surface area contributed by atoms with E-state index in [0.717, 1.165) is 18.7 Å². The van der Waals surface area contributed by atoms with Gasteiger partial charge in [0, 0.05) is 31.2 Å². The smallest absolute Gasteiger partial charge is 0.228 e. The molecule has 4 nitrogen and oxygen atoms in total. The standard InChI is InChI=1S/C16H24N2O2/c1-3-16(2,20)12-17-13-9-10-18(15(19)11-13)14-7-5-4-6-8-14/h4-8,13,17,20H,3,9-12H2,1-2H3/t13-,16+/m1/s1. The maximum atomic E-state index is 12.2. The number of aliphatic hydroxyl groups is 1. The van der Waals surface area contributed by atoms with Gasteiger partial charge in [0.1, 0.15) is 0 Å². The zero-order valence-corrected chi connectivity index (χ0v) is 12.3. The van der Waals surface area contributed by atoms with Gasteiger partial charge >= 0.3 is 0 Å². The number of hydrogen-bond donors (Lipinski definition) is 2. The number of benzene rings is 1. The summed E-state index contributed by atoms with van der Waals surface area (Å²) < 4.78 is 0. The average Bonchev–Trinajstić information content (AvgIpc) is 2.46. The first kappa shape index (κ1) is 15.0. The van der Waals surface area contributed by atoms with E-state index in [1.54, 1.807) is 0 Å². The molecular weight excluding hydrogens is 252 g/mol. The van der Waals surface area contributed by atoms with Gasteiger partial charge < -0.3 is 15.3 Å². The van der Waals surface area contributed by atoms with Crippen molar-refractivity contribution in [3.05, 3.63) is 30.3 Å². The second-order valence-corrected chi connectivity index (χ2v) is 5.80. The summed E-state index contributed by atoms with van der Waals surface area (Å²) in [6.45, 7) is 5.05. The van der Waals surface area contributed by atoms with E-state index < -0.39 is 5.60 Å². The lowest BCUT2D eigenvalue weighted by Crippen LogP contribution is -2.49. The Morgan fingerprint density at radius 3 is 2.70 bits per heavy atom. The van der Waals surface area contributed by atoms with Crippen molar-refractivity contribution in [1.82, 2.24) is 5.32 Å². The number of hydrogen-bond acceptors (Lipinski definition) is 3. The van der Waals surface area contributed by atoms with E-state index in [0.29, 0.717) is 19.4 Å². The third-order valence-electron chi connectivity index (χ3n) is 4.02. The summed E-state index contributed by atoms with van der Waals surface area (Å²) in [5.74, 6) is 0.149. The van der Waals surface area contributed by atoms with Crippen molar-refractivity contribution >= 4 is 11.6 Å². The van der Waals surface area contributed by atoms with Crippen molar-refractivity contribution in [1.29, 1.82) is 0 Å². The lowest BCUT2D eigenvalue weighted by Gasteiger charge is -2.34. The average molecular weight is 276 g/mol. The van der Waals surface area contributed by atoms with Crippen LogP contribution in [0.4, 0.5) is 5.69 Å². The predicted molar refractivity (Wildman–Crippen MR) is 80.7 cm³/mol. The molecule has 20 heavy (non-hydrogen) atoms. The third kappa shape index (κ3) is 3.81. The first-order valence-corrected chi connectivity index (χ1v) is 7.33. The maximum absolute atomic E-state index is 12.2. The zero-order chi connectivity index (χ0) is 14.6. The molecule has 110 valence electrons. The number of amides is 1. The van der Waals surface area contributed by atoms with Crippen molar-refractivity contribution in [3.63, 3.8) is 0 Å². The number of nitrogens with zero attached hydrogens (tertiary/aromatic N) is 1. The molecule has 2 rings (SSSR count). The van der Waals surface area contributed by atoms with Crippen molar-refractivity contribution < 1.29 is 9.90 Å². The molecule has 1 fully saturated rings. The van der Waals surface area contributed by atoms with Gasteiger partial charge in [-0.05, 0) is 31.9 Å². The number of anilines is 1. The quantitative estimate of drug-likeness (QED) is 0.864. The fourth-order valence-electron chi connectivity index (χ4n) is 2.38. The van der Waals surface area contributed by atoms with Crippen LogP contribution in [0.2, 0.25) is 0 Å². The molecule has 0 spiro atoms. The van der Waals surface area contributed by atoms with Crippen LogP contribution in [0.3, 0.4) is 0 Å². The summed E-state index contributed by atoms with van der Waals surface area (Å²) in [5.41, 5.74) is 0.274. The largest absolute Gasteiger partial charge is 0.389 e. The van der Waals surface area contributed by atoms with Crippen LogP contribution in [0, 0.1) is 0 Å². The van der Waals surface area contributed by atoms with Crippen LogP contribution >= 0.6 is 0 Å². The van der Waals surface area contributed by atoms with Crippen LogP contribution in [0.15, 0.2) is 30.3 Å². The normalized spacial score (nSPS) is 22.6. The van der Waals surface area contributed by atoms with Crippen LogP contribution in [0.25, 0.3) is 0 Å². The summed E-state index contributed by atoms with van der Waals surface area (Å²) >= 11 is 0. The Hall–Kier alpha value is -1.39. The van der Waals surface area contributed by atoms with Crippen molar-refractivity contribution in [2.75, 3.05) is 18.0 Å². The van der Waals surface area contributed by atoms with Gasteiger partial charge in [-0.3, -0.25) is 4.79 Å². The Kier molecular flexibility index (Phi) is 4.78. The van der Waals surface area contributed by atoms with Gasteiger partial charge in [-0.15, -0.1) is 0 Å². The third-order valence-corrected chi connectivity index (χ3v) is 4.02. The highest BCUT2D eigenvalue weighted by molar-refractivity contribution is 5.94. The molecule has 1 heterocycles. The monoisotopic (exact) mass is 276 g/mol. The van der Waals surface area contributed by atoms with E-state index >= 15 is 0 Å². The number of rotatable bonds is 5. The molecule has 2 N–H and O–H groups in total. The minimum atomic E-state index is -0.695. The molecule has 4 heteroatoms. The SMILES string of the molecule is CC[C@](C)(O)CN[C@@H]1CCN(c2ccccc2)C(=O)C1. The number of carbonyl (C=O) groups is 1. The van der Waals surface area contributed by atoms with Crippen LogP contribution in [0.1, 0.15) is 33.1 Å². The fourth-order valence-corrected chi connectivity index (χ4v) is 2.38. The molecule has 0 unspecified atom stereocenters. The first-order chi connectivity index (χ1) is 9.52. The Morgan fingerprint density at radius 2 is 2.10 bits per heavy atom. The van der Waals surface area contributed by atoms with E-state index in [1.165, 1.54) is 0 Å². The highest BCUT2D eigenvalue weighted by Crippen LogP contribution is 2.21. The Balaban J connectivity index is 1.88. The number of nitrogens with one attached hydrogen (secondary N) is 1. The summed E-state index contributed by atoms with van der Waals surface area (Å²) in [6.07, 6.45) is 2.12. The molecular formula is C16H24N2O2. The van der Waals surface area contributed by atoms with Crippen LogP contribution in [0.5, 0.6) is 0 Å². The molecule has 1 amide bonds. The van der Waals surface area contributed by atoms with Gasteiger partial charge in [0.15, 0.2) is 0 Å². The van der Waals surface area contributed by atoms with E-state index in [4.69, 9.17) is 0 Å². The second-order valence-electron chi connectivity index (χ2n) is 5.80. The molecule has 1 aromatic rings. The topological polar surface area (TPSA) is 52.6 Å². The molecule has 1 aliphatic heterocycles. The predicted octanol–water partition coefficient (Wildman–Crippen LogP) is 1.93. The molecule has 0 bridgehead atoms. The summed E-state index contributed by atoms with van der Waals surface area (Å²) in [5, 5.41) is 13.3. The molecule has 2 atom stereocenters. The molecule has 0 aliphatic carbocycles. The highest BCUT2D eigenvalue weighted by Gasteiger charge is 2.28. The number of para-hydroxylation sites is 1. The van der Waals surface area contributed by atoms with Gasteiger partial charge in [-0.2, -0.15) is 0 Å². The molecule has 1 aromatic carbocycles. The Labute approximate surface area is 120 Å². The van der Waals surface area contributed by atoms with E-state index in [-0.39, 0.29) is 11.9 Å². The van der Waals surface area contributed by atoms with Gasteiger partial charge in [-0.25, -0.2) is 0 Å². The Bertz CT molecular complexity index is 445. The highest BCUT2D eigenvalue weighted by atomic mass is 16.3. The lowest BCUT2D eigenvalue weighted by atomic mass is 10.00. The van der Waals surface area contributed by atoms with Crippen molar-refractivity contribution in [2.45, 2.75) is 44.8 Å². The van der Waals surface area contributed by atoms with Crippen LogP contribution in [-0.2, 0) is 4.79 Å². The van der Waals surface area contributed by atoms with Crippen LogP contribution in [-0.4, -0.2) is 35.7 Å². The van der Waals surface area contributed by atoms with Gasteiger partial charge in [0.05, 0.1) is 5.60 Å². The number of piperidine rings is 1. The Morgan fingerprint density at radius 1 is 1.40 bits per heavy atom. The zero-order valence-electron chi connectivity index (χ0n) is 12.3. The minimum Gasteiger partial charge on any atom is -0.389 e. The summed E-state index contributed by atoms with van der Waals surface area (Å²) in [6, 6.07) is 9.95. The van der Waals surface area contributed by atoms with E-state index in [1.807, 2.05) is 49.1 Å². The molecule has 1 saturated heterocycles. The van der Waals surface area contributed by atoms with Gasteiger partial charge in [0.25, 0.3) is 0 Å². The molecule has 0 radical (unpaired) electrons. The molecule has 0 aromatic heterocycles. The summed E-state index contributed by atoms with van der Waals surface area (Å²) in [7, 11) is 0. The minimum absolute atomic E-state index is 0.149. The van der Waals surface area contributed by atoms with Crippen LogP contribution < -0.4 is 10.2 Å². The second kappa shape index (κ2) is 6.37. The number of carbonyl (C=O) groups excluding carboxylic acids is 1. The summed E-state index contributed by atoms with van der Waals surface area (Å²) in [4.78, 5) is 14.1. The van der Waals surface area contributed by atoms with E-state index in [9.17, 15) is 9.90 Å². The molecule has 0 saturated carbocycles. The van der Waals surface area contributed by atoms with Crippen molar-refractivity contribution in [2.24, 2.45) is 0 Å². The molecule has 1 aliphatic rings. The van der Waals surface area contributed by atoms with Gasteiger partial charge in [-0.1, -0.05) is 25.1 Å².